The zero-order valence-electron chi connectivity index (χ0n) is 32.9. The zero-order chi connectivity index (χ0) is 35.7. The fraction of sp³-hybridized carbons (Fsp3) is 0.886. The van der Waals surface area contributed by atoms with Gasteiger partial charge in [-0.2, -0.15) is 0 Å². The van der Waals surface area contributed by atoms with Crippen LogP contribution < -0.4 is 5.32 Å². The summed E-state index contributed by atoms with van der Waals surface area (Å²) in [7, 11) is 0. The van der Waals surface area contributed by atoms with Crippen molar-refractivity contribution in [2.24, 2.45) is 56.7 Å². The monoisotopic (exact) mass is 691 g/mol. The molecule has 12 atom stereocenters. The predicted octanol–water partition coefficient (Wildman–Crippen LogP) is 8.39. The molecule has 280 valence electrons. The molecule has 6 aliphatic carbocycles. The topological polar surface area (TPSA) is 82.0 Å². The van der Waals surface area contributed by atoms with Crippen molar-refractivity contribution in [2.75, 3.05) is 26.2 Å². The largest absolute Gasteiger partial charge is 0.481 e. The third kappa shape index (κ3) is 4.88. The Morgan fingerprint density at radius 2 is 1.70 bits per heavy atom. The maximum Gasteiger partial charge on any atom is 0.306 e. The summed E-state index contributed by atoms with van der Waals surface area (Å²) in [6.07, 6.45) is 20.0. The number of allylic oxidation sites excluding steroid dienone is 4. The molecule has 0 aromatic carbocycles. The van der Waals surface area contributed by atoms with Gasteiger partial charge in [0.1, 0.15) is 0 Å². The number of fused-ring (bicyclic) bond motifs is 9. The van der Waals surface area contributed by atoms with E-state index in [1.54, 1.807) is 0 Å². The molecule has 2 heterocycles. The van der Waals surface area contributed by atoms with Crippen LogP contribution in [-0.4, -0.2) is 70.6 Å². The lowest BCUT2D eigenvalue weighted by atomic mass is 9.29. The number of ether oxygens (including phenoxy) is 1. The summed E-state index contributed by atoms with van der Waals surface area (Å²) in [5.74, 6) is 1.23. The molecule has 0 aromatic rings. The van der Waals surface area contributed by atoms with E-state index in [1.165, 1.54) is 62.5 Å². The van der Waals surface area contributed by atoms with Crippen molar-refractivity contribution in [3.05, 3.63) is 23.3 Å². The summed E-state index contributed by atoms with van der Waals surface area (Å²) >= 11 is 0. The van der Waals surface area contributed by atoms with Crippen LogP contribution in [0.25, 0.3) is 0 Å². The van der Waals surface area contributed by atoms with Crippen molar-refractivity contribution in [1.29, 1.82) is 0 Å². The lowest BCUT2D eigenvalue weighted by Crippen LogP contribution is -2.72. The van der Waals surface area contributed by atoms with Gasteiger partial charge in [0.25, 0.3) is 0 Å². The van der Waals surface area contributed by atoms with Crippen LogP contribution in [0.15, 0.2) is 23.3 Å². The van der Waals surface area contributed by atoms with Crippen molar-refractivity contribution in [2.45, 2.75) is 162 Å². The van der Waals surface area contributed by atoms with E-state index in [0.29, 0.717) is 42.2 Å². The van der Waals surface area contributed by atoms with Gasteiger partial charge >= 0.3 is 5.97 Å². The summed E-state index contributed by atoms with van der Waals surface area (Å²) in [4.78, 5) is 14.4. The number of carbonyl (C=O) groups is 1. The minimum absolute atomic E-state index is 0.0853. The van der Waals surface area contributed by atoms with Crippen LogP contribution in [0.1, 0.15) is 139 Å². The van der Waals surface area contributed by atoms with Gasteiger partial charge in [0.15, 0.2) is 0 Å². The molecule has 8 rings (SSSR count). The quantitative estimate of drug-likeness (QED) is 0.249. The molecule has 0 aromatic heterocycles. The summed E-state index contributed by atoms with van der Waals surface area (Å²) in [5, 5.41) is 25.8. The Labute approximate surface area is 303 Å². The first-order valence-corrected chi connectivity index (χ1v) is 20.9. The van der Waals surface area contributed by atoms with Gasteiger partial charge in [0, 0.05) is 31.2 Å². The summed E-state index contributed by atoms with van der Waals surface area (Å²) in [6, 6.07) is 0.612. The molecule has 4 saturated carbocycles. The van der Waals surface area contributed by atoms with Gasteiger partial charge in [-0.1, -0.05) is 53.7 Å². The first kappa shape index (κ1) is 35.8. The number of carboxylic acids is 1. The van der Waals surface area contributed by atoms with E-state index in [4.69, 9.17) is 4.74 Å². The molecule has 2 aliphatic heterocycles. The van der Waals surface area contributed by atoms with Gasteiger partial charge in [-0.25, -0.2) is 0 Å². The van der Waals surface area contributed by atoms with Crippen LogP contribution in [0, 0.1) is 56.7 Å². The number of morpholine rings is 1. The number of carboxylic acid groups (broad SMARTS) is 1. The normalized spacial score (nSPS) is 49.7. The van der Waals surface area contributed by atoms with E-state index in [9.17, 15) is 15.0 Å². The van der Waals surface area contributed by atoms with Gasteiger partial charge in [-0.05, 0) is 159 Å². The van der Waals surface area contributed by atoms with Crippen LogP contribution in [-0.2, 0) is 9.53 Å². The molecular formula is C44H70N2O4. The first-order valence-electron chi connectivity index (χ1n) is 20.9. The Morgan fingerprint density at radius 1 is 0.960 bits per heavy atom. The molecule has 0 radical (unpaired) electrons. The highest BCUT2D eigenvalue weighted by atomic mass is 16.5. The molecule has 0 amide bonds. The van der Waals surface area contributed by atoms with Crippen molar-refractivity contribution >= 4 is 5.97 Å². The maximum absolute atomic E-state index is 11.9. The van der Waals surface area contributed by atoms with E-state index < -0.39 is 11.6 Å². The van der Waals surface area contributed by atoms with Crippen molar-refractivity contribution in [3.63, 3.8) is 0 Å². The Bertz CT molecular complexity index is 1450. The lowest BCUT2D eigenvalue weighted by Gasteiger charge is -2.76. The number of aliphatic carboxylic acids is 1. The maximum atomic E-state index is 11.9. The first-order chi connectivity index (χ1) is 23.4. The van der Waals surface area contributed by atoms with E-state index in [0.717, 1.165) is 51.9 Å². The molecule has 2 bridgehead atoms. The molecule has 50 heavy (non-hydrogen) atoms. The number of nitrogens with one attached hydrogen (secondary N) is 1. The third-order valence-electron chi connectivity index (χ3n) is 18.7. The van der Waals surface area contributed by atoms with Crippen LogP contribution in [0.4, 0.5) is 0 Å². The Kier molecular flexibility index (Phi) is 8.34. The average molecular weight is 691 g/mol. The van der Waals surface area contributed by atoms with Crippen LogP contribution in [0.3, 0.4) is 0 Å². The SMILES string of the molecule is CC(C)(O)[C@@H]1CC[C@]2(NCCN3CC4CC3CO4)CC[C@@]3(C)[C@]4(C)CC[C@H]5C(C)(C)C(C6=CCC(C(=O)O)CC6)=CC[C@]5(C)[C@H]4CC[C@]3(C)[C@@H]12. The van der Waals surface area contributed by atoms with E-state index in [2.05, 4.69) is 77.8 Å². The molecule has 6 fully saturated rings. The molecule has 3 unspecified atom stereocenters. The standard InChI is InChI=1S/C44H70N2O4/c1-38(2)32(28-9-11-29(12-10-28)37(47)48)13-17-40(5)34(38)15-18-41(6)35(40)16-19-42(7)36-33(39(3,4)49)14-20-44(36,22-21-43(41,42)8)45-23-24-46-26-31-25-30(46)27-50-31/h9,13,29-31,33-36,45,49H,10-12,14-27H2,1-8H3,(H,47,48)/t29?,30?,31?,33-,34+,35-,36-,40+,41-,42-,43+,44+/m1/s1. The lowest BCUT2D eigenvalue weighted by molar-refractivity contribution is -0.264. The predicted molar refractivity (Wildman–Crippen MR) is 200 cm³/mol. The fourth-order valence-corrected chi connectivity index (χ4v) is 15.9. The van der Waals surface area contributed by atoms with Gasteiger partial charge < -0.3 is 20.3 Å². The van der Waals surface area contributed by atoms with Crippen LogP contribution in [0.5, 0.6) is 0 Å². The molecule has 2 saturated heterocycles. The second kappa shape index (κ2) is 11.6. The van der Waals surface area contributed by atoms with Crippen molar-refractivity contribution in [1.82, 2.24) is 10.2 Å². The molecule has 6 heteroatoms. The summed E-state index contributed by atoms with van der Waals surface area (Å²) < 4.78 is 5.92. The Balaban J connectivity index is 1.09. The molecule has 0 spiro atoms. The summed E-state index contributed by atoms with van der Waals surface area (Å²) in [5.41, 5.74) is 3.34. The van der Waals surface area contributed by atoms with Crippen molar-refractivity contribution in [3.8, 4) is 0 Å². The average Bonchev–Trinajstić information content (AvgIpc) is 3.78. The smallest absolute Gasteiger partial charge is 0.306 e. The third-order valence-corrected chi connectivity index (χ3v) is 18.7. The van der Waals surface area contributed by atoms with Gasteiger partial charge in [0.05, 0.1) is 24.2 Å². The fourth-order valence-electron chi connectivity index (χ4n) is 15.9. The number of nitrogens with zero attached hydrogens (tertiary/aromatic N) is 1. The number of aliphatic hydroxyl groups is 1. The zero-order valence-corrected chi connectivity index (χ0v) is 32.9. The minimum Gasteiger partial charge on any atom is -0.481 e. The van der Waals surface area contributed by atoms with E-state index >= 15 is 0 Å². The van der Waals surface area contributed by atoms with Crippen LogP contribution in [0.2, 0.25) is 0 Å². The van der Waals surface area contributed by atoms with Crippen LogP contribution >= 0.6 is 0 Å². The minimum atomic E-state index is -0.685. The molecular weight excluding hydrogens is 620 g/mol. The molecule has 6 nitrogen and oxygen atoms in total. The van der Waals surface area contributed by atoms with Gasteiger partial charge in [0.2, 0.25) is 0 Å². The Morgan fingerprint density at radius 3 is 2.34 bits per heavy atom. The second-order valence-electron chi connectivity index (χ2n) is 21.1. The number of likely N-dealkylation sites (tertiary alicyclic amines) is 1. The highest BCUT2D eigenvalue weighted by Gasteiger charge is 2.75. The van der Waals surface area contributed by atoms with E-state index in [1.807, 2.05) is 0 Å². The number of hydrogen-bond donors (Lipinski definition) is 3. The van der Waals surface area contributed by atoms with Gasteiger partial charge in [-0.15, -0.1) is 0 Å². The highest BCUT2D eigenvalue weighted by molar-refractivity contribution is 5.70. The van der Waals surface area contributed by atoms with E-state index in [-0.39, 0.29) is 38.5 Å². The van der Waals surface area contributed by atoms with Crippen molar-refractivity contribution < 1.29 is 19.7 Å². The number of hydrogen-bond acceptors (Lipinski definition) is 5. The molecule has 8 aliphatic rings. The molecule has 3 N–H and O–H groups in total. The summed E-state index contributed by atoms with van der Waals surface area (Å²) in [6.45, 7) is 24.3. The second-order valence-corrected chi connectivity index (χ2v) is 21.1. The highest BCUT2D eigenvalue weighted by Crippen LogP contribution is 2.80. The van der Waals surface area contributed by atoms with Gasteiger partial charge in [-0.3, -0.25) is 9.69 Å². The number of rotatable bonds is 7. The Hall–Kier alpha value is -1.21.